The average molecular weight is 317 g/mol. The summed E-state index contributed by atoms with van der Waals surface area (Å²) in [6.45, 7) is 3.87. The van der Waals surface area contributed by atoms with E-state index in [-0.39, 0.29) is 0 Å². The molecule has 0 fully saturated rings. The van der Waals surface area contributed by atoms with E-state index in [1.807, 2.05) is 19.9 Å². The van der Waals surface area contributed by atoms with E-state index < -0.39 is 23.6 Å². The van der Waals surface area contributed by atoms with Crippen LogP contribution in [0.25, 0.3) is 0 Å². The fourth-order valence-corrected chi connectivity index (χ4v) is 3.34. The van der Waals surface area contributed by atoms with Crippen molar-refractivity contribution in [1.82, 2.24) is 5.32 Å². The Hall–Kier alpha value is -1.40. The van der Waals surface area contributed by atoms with Crippen LogP contribution in [0.4, 0.5) is 17.6 Å². The molecular weight excluding hydrogens is 302 g/mol. The van der Waals surface area contributed by atoms with E-state index in [4.69, 9.17) is 0 Å². The molecule has 1 nitrogen and oxygen atoms in total. The number of thiophene rings is 1. The molecule has 0 spiro atoms. The van der Waals surface area contributed by atoms with Gasteiger partial charge in [0.25, 0.3) is 0 Å². The van der Waals surface area contributed by atoms with Crippen LogP contribution < -0.4 is 5.32 Å². The molecule has 0 aliphatic carbocycles. The summed E-state index contributed by atoms with van der Waals surface area (Å²) in [5.41, 5.74) is 0.0803. The second kappa shape index (κ2) is 5.77. The number of hydrogen-bond donors (Lipinski definition) is 1. The molecule has 2 aromatic rings. The first kappa shape index (κ1) is 16.0. The van der Waals surface area contributed by atoms with Gasteiger partial charge < -0.3 is 5.32 Å². The molecule has 1 heterocycles. The zero-order chi connectivity index (χ0) is 15.8. The summed E-state index contributed by atoms with van der Waals surface area (Å²) in [4.78, 5) is 2.12. The third kappa shape index (κ3) is 3.27. The number of aryl methyl sites for hydroxylation is 2. The van der Waals surface area contributed by atoms with Gasteiger partial charge in [0, 0.05) is 9.75 Å². The van der Waals surface area contributed by atoms with Gasteiger partial charge in [0.1, 0.15) is 5.82 Å². The Bertz CT molecular complexity index is 646. The van der Waals surface area contributed by atoms with Gasteiger partial charge in [0.2, 0.25) is 0 Å². The van der Waals surface area contributed by atoms with Crippen molar-refractivity contribution in [2.24, 2.45) is 0 Å². The maximum Gasteiger partial charge on any atom is 0.419 e. The lowest BCUT2D eigenvalue weighted by atomic mass is 9.97. The molecule has 21 heavy (non-hydrogen) atoms. The summed E-state index contributed by atoms with van der Waals surface area (Å²) < 4.78 is 51.9. The highest BCUT2D eigenvalue weighted by Crippen LogP contribution is 2.35. The lowest BCUT2D eigenvalue weighted by Gasteiger charge is -2.19. The predicted octanol–water partition coefficient (Wildman–Crippen LogP) is 4.83. The van der Waals surface area contributed by atoms with Crippen LogP contribution in [0, 0.1) is 19.7 Å². The Morgan fingerprint density at radius 2 is 1.81 bits per heavy atom. The second-order valence-corrected chi connectivity index (χ2v) is 6.29. The highest BCUT2D eigenvalue weighted by atomic mass is 32.1. The Kier molecular flexibility index (Phi) is 4.39. The monoisotopic (exact) mass is 317 g/mol. The Morgan fingerprint density at radius 3 is 2.29 bits per heavy atom. The van der Waals surface area contributed by atoms with Crippen molar-refractivity contribution in [2.75, 3.05) is 7.05 Å². The van der Waals surface area contributed by atoms with Gasteiger partial charge >= 0.3 is 6.18 Å². The fraction of sp³-hybridized carbons (Fsp3) is 0.333. The van der Waals surface area contributed by atoms with E-state index in [1.54, 1.807) is 18.4 Å². The lowest BCUT2D eigenvalue weighted by Crippen LogP contribution is -2.19. The van der Waals surface area contributed by atoms with Gasteiger partial charge in [-0.15, -0.1) is 11.3 Å². The largest absolute Gasteiger partial charge is 0.419 e. The summed E-state index contributed by atoms with van der Waals surface area (Å²) in [6, 6.07) is 4.69. The number of benzene rings is 1. The predicted molar refractivity (Wildman–Crippen MR) is 76.1 cm³/mol. The SMILES string of the molecule is CNC(c1ccc(F)c(C(F)(F)F)c1)c1cc(C)sc1C. The molecule has 0 aliphatic heterocycles. The molecule has 2 rings (SSSR count). The normalized spacial score (nSPS) is 13.5. The van der Waals surface area contributed by atoms with Gasteiger partial charge in [-0.05, 0) is 50.2 Å². The zero-order valence-electron chi connectivity index (χ0n) is 11.8. The molecule has 0 saturated carbocycles. The molecule has 1 unspecified atom stereocenters. The van der Waals surface area contributed by atoms with Crippen LogP contribution in [-0.4, -0.2) is 7.05 Å². The number of rotatable bonds is 3. The highest BCUT2D eigenvalue weighted by molar-refractivity contribution is 7.12. The molecule has 114 valence electrons. The van der Waals surface area contributed by atoms with Gasteiger partial charge in [-0.25, -0.2) is 4.39 Å². The zero-order valence-corrected chi connectivity index (χ0v) is 12.6. The van der Waals surface area contributed by atoms with Crippen molar-refractivity contribution in [2.45, 2.75) is 26.1 Å². The number of halogens is 4. The molecule has 6 heteroatoms. The van der Waals surface area contributed by atoms with Crippen LogP contribution in [0.5, 0.6) is 0 Å². The molecule has 1 atom stereocenters. The summed E-state index contributed by atoms with van der Waals surface area (Å²) in [7, 11) is 1.67. The number of alkyl halides is 3. The summed E-state index contributed by atoms with van der Waals surface area (Å²) in [6.07, 6.45) is -4.70. The van der Waals surface area contributed by atoms with Gasteiger partial charge in [0.15, 0.2) is 0 Å². The minimum absolute atomic E-state index is 0.392. The first-order valence-corrected chi connectivity index (χ1v) is 7.16. The average Bonchev–Trinajstić information content (AvgIpc) is 2.70. The van der Waals surface area contributed by atoms with Crippen molar-refractivity contribution in [3.8, 4) is 0 Å². The molecule has 1 aromatic carbocycles. The van der Waals surface area contributed by atoms with Crippen molar-refractivity contribution in [3.05, 3.63) is 56.5 Å². The second-order valence-electron chi connectivity index (χ2n) is 4.83. The summed E-state index contributed by atoms with van der Waals surface area (Å²) >= 11 is 1.58. The Morgan fingerprint density at radius 1 is 1.14 bits per heavy atom. The third-order valence-corrected chi connectivity index (χ3v) is 4.29. The molecule has 1 N–H and O–H groups in total. The fourth-order valence-electron chi connectivity index (χ4n) is 2.38. The van der Waals surface area contributed by atoms with E-state index in [9.17, 15) is 17.6 Å². The van der Waals surface area contributed by atoms with Crippen molar-refractivity contribution in [3.63, 3.8) is 0 Å². The molecule has 1 aromatic heterocycles. The molecule has 0 saturated heterocycles. The topological polar surface area (TPSA) is 12.0 Å². The number of nitrogens with one attached hydrogen (secondary N) is 1. The van der Waals surface area contributed by atoms with Gasteiger partial charge in [-0.3, -0.25) is 0 Å². The van der Waals surface area contributed by atoms with Crippen LogP contribution in [0.15, 0.2) is 24.3 Å². The van der Waals surface area contributed by atoms with Gasteiger partial charge in [-0.2, -0.15) is 13.2 Å². The van der Waals surface area contributed by atoms with Crippen LogP contribution in [0.1, 0.15) is 32.5 Å². The smallest absolute Gasteiger partial charge is 0.309 e. The minimum Gasteiger partial charge on any atom is -0.309 e. The first-order valence-electron chi connectivity index (χ1n) is 6.35. The van der Waals surface area contributed by atoms with Gasteiger partial charge in [-0.1, -0.05) is 6.07 Å². The molecule has 0 bridgehead atoms. The van der Waals surface area contributed by atoms with Crippen molar-refractivity contribution < 1.29 is 17.6 Å². The maximum atomic E-state index is 13.4. The van der Waals surface area contributed by atoms with Crippen LogP contribution in [-0.2, 0) is 6.18 Å². The third-order valence-electron chi connectivity index (χ3n) is 3.31. The van der Waals surface area contributed by atoms with E-state index >= 15 is 0 Å². The lowest BCUT2D eigenvalue weighted by molar-refractivity contribution is -0.140. The van der Waals surface area contributed by atoms with E-state index in [0.29, 0.717) is 5.56 Å². The summed E-state index contributed by atoms with van der Waals surface area (Å²) in [5, 5.41) is 3.00. The van der Waals surface area contributed by atoms with E-state index in [2.05, 4.69) is 5.32 Å². The van der Waals surface area contributed by atoms with E-state index in [0.717, 1.165) is 27.5 Å². The van der Waals surface area contributed by atoms with Crippen molar-refractivity contribution in [1.29, 1.82) is 0 Å². The Labute approximate surface area is 124 Å². The molecule has 0 radical (unpaired) electrons. The standard InChI is InChI=1S/C15H15F4NS/c1-8-6-11(9(2)21-8)14(20-3)10-4-5-13(16)12(7-10)15(17,18)19/h4-7,14,20H,1-3H3. The van der Waals surface area contributed by atoms with Crippen LogP contribution in [0.3, 0.4) is 0 Å². The number of hydrogen-bond acceptors (Lipinski definition) is 2. The molecular formula is C15H15F4NS. The van der Waals surface area contributed by atoms with Crippen LogP contribution in [0.2, 0.25) is 0 Å². The van der Waals surface area contributed by atoms with Gasteiger partial charge in [0.05, 0.1) is 11.6 Å². The molecule has 0 amide bonds. The van der Waals surface area contributed by atoms with Crippen molar-refractivity contribution >= 4 is 11.3 Å². The van der Waals surface area contributed by atoms with E-state index in [1.165, 1.54) is 6.07 Å². The minimum atomic E-state index is -4.70. The first-order chi connectivity index (χ1) is 9.74. The van der Waals surface area contributed by atoms with Crippen LogP contribution >= 0.6 is 11.3 Å². The molecule has 0 aliphatic rings. The quantitative estimate of drug-likeness (QED) is 0.799. The Balaban J connectivity index is 2.51. The summed E-state index contributed by atoms with van der Waals surface area (Å²) in [5.74, 6) is -1.25. The highest BCUT2D eigenvalue weighted by Gasteiger charge is 2.34. The maximum absolute atomic E-state index is 13.4.